The Labute approximate surface area is 205 Å². The van der Waals surface area contributed by atoms with Gasteiger partial charge in [-0.25, -0.2) is 4.52 Å². The first kappa shape index (κ1) is 24.5. The monoisotopic (exact) mass is 473 g/mol. The van der Waals surface area contributed by atoms with Crippen LogP contribution in [0.1, 0.15) is 50.4 Å². The second kappa shape index (κ2) is 10.3. The zero-order valence-electron chi connectivity index (χ0n) is 20.6. The van der Waals surface area contributed by atoms with Gasteiger partial charge in [-0.3, -0.25) is 9.58 Å². The molecule has 0 aliphatic carbocycles. The molecule has 1 atom stereocenters. The minimum absolute atomic E-state index is 0.206. The topological polar surface area (TPSA) is 115 Å². The van der Waals surface area contributed by atoms with Crippen molar-refractivity contribution in [1.82, 2.24) is 24.3 Å². The number of methoxy groups -OCH3 is 1. The van der Waals surface area contributed by atoms with Crippen molar-refractivity contribution in [2.75, 3.05) is 20.2 Å². The number of rotatable bonds is 7. The van der Waals surface area contributed by atoms with Crippen molar-refractivity contribution in [3.63, 3.8) is 0 Å². The highest BCUT2D eigenvalue weighted by atomic mass is 16.5. The molecule has 182 valence electrons. The van der Waals surface area contributed by atoms with E-state index in [1.165, 1.54) is 6.20 Å². The predicted molar refractivity (Wildman–Crippen MR) is 131 cm³/mol. The molecule has 3 aromatic heterocycles. The quantitative estimate of drug-likeness (QED) is 0.518. The molecule has 9 nitrogen and oxygen atoms in total. The number of aromatic nitrogens is 4. The van der Waals surface area contributed by atoms with E-state index in [-0.39, 0.29) is 6.04 Å². The molecule has 0 radical (unpaired) electrons. The zero-order chi connectivity index (χ0) is 25.1. The van der Waals surface area contributed by atoms with Gasteiger partial charge in [0.15, 0.2) is 0 Å². The molecule has 0 saturated carbocycles. The van der Waals surface area contributed by atoms with Crippen molar-refractivity contribution < 1.29 is 9.84 Å². The summed E-state index contributed by atoms with van der Waals surface area (Å²) in [5, 5.41) is 38.6. The van der Waals surface area contributed by atoms with E-state index in [0.29, 0.717) is 41.4 Å². The molecule has 1 aliphatic rings. The number of hydrogen-bond donors (Lipinski definition) is 1. The molecular formula is C26H31N7O2. The third-order valence-electron chi connectivity index (χ3n) is 6.68. The fraction of sp³-hybridized carbons (Fsp3) is 0.462. The van der Waals surface area contributed by atoms with Gasteiger partial charge in [-0.2, -0.15) is 20.7 Å². The first-order valence-corrected chi connectivity index (χ1v) is 11.9. The van der Waals surface area contributed by atoms with E-state index >= 15 is 0 Å². The van der Waals surface area contributed by atoms with Crippen molar-refractivity contribution in [3.05, 3.63) is 47.6 Å². The van der Waals surface area contributed by atoms with Gasteiger partial charge in [-0.05, 0) is 38.2 Å². The number of hydrogen-bond acceptors (Lipinski definition) is 7. The highest BCUT2D eigenvalue weighted by Gasteiger charge is 2.28. The molecule has 35 heavy (non-hydrogen) atoms. The van der Waals surface area contributed by atoms with Crippen LogP contribution in [0.3, 0.4) is 0 Å². The molecular weight excluding hydrogens is 442 g/mol. The van der Waals surface area contributed by atoms with Gasteiger partial charge >= 0.3 is 0 Å². The van der Waals surface area contributed by atoms with Crippen molar-refractivity contribution >= 4 is 5.52 Å². The first-order valence-electron chi connectivity index (χ1n) is 11.9. The third-order valence-corrected chi connectivity index (χ3v) is 6.68. The maximum Gasteiger partial charge on any atom is 0.146 e. The van der Waals surface area contributed by atoms with Crippen LogP contribution in [-0.2, 0) is 0 Å². The summed E-state index contributed by atoms with van der Waals surface area (Å²) in [5.41, 5.74) is 4.46. The highest BCUT2D eigenvalue weighted by molar-refractivity contribution is 5.75. The lowest BCUT2D eigenvalue weighted by Crippen LogP contribution is -2.42. The molecule has 1 unspecified atom stereocenters. The Bertz CT molecular complexity index is 1310. The summed E-state index contributed by atoms with van der Waals surface area (Å²) in [6, 6.07) is 6.45. The normalized spacial score (nSPS) is 16.4. The fourth-order valence-corrected chi connectivity index (χ4v) is 4.69. The number of ether oxygens (including phenoxy) is 1. The third kappa shape index (κ3) is 4.79. The summed E-state index contributed by atoms with van der Waals surface area (Å²) in [6.45, 7) is 7.61. The highest BCUT2D eigenvalue weighted by Crippen LogP contribution is 2.33. The van der Waals surface area contributed by atoms with Gasteiger partial charge in [0, 0.05) is 36.1 Å². The Kier molecular flexibility index (Phi) is 7.20. The van der Waals surface area contributed by atoms with E-state index in [1.54, 1.807) is 11.6 Å². The average molecular weight is 474 g/mol. The van der Waals surface area contributed by atoms with Crippen LogP contribution in [0.5, 0.6) is 5.75 Å². The Morgan fingerprint density at radius 2 is 2.00 bits per heavy atom. The molecule has 1 fully saturated rings. The number of nitrogens with zero attached hydrogens (tertiary/aromatic N) is 7. The number of aliphatic hydroxyl groups is 1. The van der Waals surface area contributed by atoms with Crippen LogP contribution < -0.4 is 4.74 Å². The lowest BCUT2D eigenvalue weighted by atomic mass is 10.0. The van der Waals surface area contributed by atoms with Crippen molar-refractivity contribution in [2.24, 2.45) is 5.92 Å². The van der Waals surface area contributed by atoms with E-state index in [1.807, 2.05) is 36.4 Å². The molecule has 9 heteroatoms. The van der Waals surface area contributed by atoms with Gasteiger partial charge in [0.1, 0.15) is 29.1 Å². The molecule has 0 amide bonds. The van der Waals surface area contributed by atoms with Gasteiger partial charge < -0.3 is 9.84 Å². The number of nitriles is 2. The fourth-order valence-electron chi connectivity index (χ4n) is 4.69. The number of allylic oxidation sites excluding steroid dienone is 1. The molecule has 4 heterocycles. The lowest BCUT2D eigenvalue weighted by molar-refractivity contribution is 0.0117. The molecule has 1 aliphatic heterocycles. The standard InChI is InChI=1S/C26H31N7O2/c1-17(2)5-6-19(12-27)26(34)31-9-7-22(8-10-31)33-18(3)23(15-30-33)20-11-24(35-4)25-21(13-28)14-29-32(25)16-20/h6,11,14-17,22,26,34H,5,7-10H2,1-4H3/b19-6+. The number of aliphatic hydroxyl groups excluding tert-OH is 1. The minimum Gasteiger partial charge on any atom is -0.494 e. The lowest BCUT2D eigenvalue weighted by Gasteiger charge is -2.35. The van der Waals surface area contributed by atoms with E-state index < -0.39 is 6.23 Å². The number of likely N-dealkylation sites (tertiary alicyclic amines) is 1. The largest absolute Gasteiger partial charge is 0.494 e. The maximum absolute atomic E-state index is 10.7. The number of fused-ring (bicyclic) bond motifs is 1. The second-order valence-corrected chi connectivity index (χ2v) is 9.39. The summed E-state index contributed by atoms with van der Waals surface area (Å²) in [6.07, 6.45) is 8.71. The van der Waals surface area contributed by atoms with E-state index in [4.69, 9.17) is 9.84 Å². The van der Waals surface area contributed by atoms with Gasteiger partial charge in [-0.1, -0.05) is 19.9 Å². The average Bonchev–Trinajstić information content (AvgIpc) is 3.46. The maximum atomic E-state index is 10.7. The van der Waals surface area contributed by atoms with E-state index in [2.05, 4.69) is 35.8 Å². The zero-order valence-corrected chi connectivity index (χ0v) is 20.6. The Hall–Kier alpha value is -3.66. The van der Waals surface area contributed by atoms with Crippen LogP contribution in [0.15, 0.2) is 36.3 Å². The summed E-state index contributed by atoms with van der Waals surface area (Å²) < 4.78 is 9.28. The molecule has 1 N–H and O–H groups in total. The molecule has 4 rings (SSSR count). The first-order chi connectivity index (χ1) is 16.9. The van der Waals surface area contributed by atoms with Crippen LogP contribution in [0, 0.1) is 35.5 Å². The van der Waals surface area contributed by atoms with Gasteiger partial charge in [0.2, 0.25) is 0 Å². The van der Waals surface area contributed by atoms with Gasteiger partial charge in [-0.15, -0.1) is 0 Å². The Morgan fingerprint density at radius 1 is 1.26 bits per heavy atom. The van der Waals surface area contributed by atoms with Crippen molar-refractivity contribution in [3.8, 4) is 29.0 Å². The van der Waals surface area contributed by atoms with Crippen molar-refractivity contribution in [1.29, 1.82) is 10.5 Å². The Morgan fingerprint density at radius 3 is 2.63 bits per heavy atom. The molecule has 3 aromatic rings. The summed E-state index contributed by atoms with van der Waals surface area (Å²) in [7, 11) is 1.58. The molecule has 0 bridgehead atoms. The van der Waals surface area contributed by atoms with E-state index in [9.17, 15) is 15.6 Å². The van der Waals surface area contributed by atoms with Crippen molar-refractivity contribution in [2.45, 2.75) is 52.3 Å². The minimum atomic E-state index is -0.861. The van der Waals surface area contributed by atoms with Gasteiger partial charge in [0.05, 0.1) is 37.2 Å². The molecule has 0 spiro atoms. The predicted octanol–water partition coefficient (Wildman–Crippen LogP) is 3.84. The summed E-state index contributed by atoms with van der Waals surface area (Å²) in [4.78, 5) is 1.97. The Balaban J connectivity index is 1.52. The SMILES string of the molecule is COc1cc(-c2cnn(C3CCN(C(O)/C(C#N)=C/CC(C)C)CC3)c2C)cn2ncc(C#N)c12. The summed E-state index contributed by atoms with van der Waals surface area (Å²) in [5.74, 6) is 1.03. The van der Waals surface area contributed by atoms with Crippen LogP contribution in [-0.4, -0.2) is 55.8 Å². The second-order valence-electron chi connectivity index (χ2n) is 9.39. The van der Waals surface area contributed by atoms with Crippen LogP contribution >= 0.6 is 0 Å². The number of pyridine rings is 1. The number of piperidine rings is 1. The van der Waals surface area contributed by atoms with Crippen LogP contribution in [0.2, 0.25) is 0 Å². The van der Waals surface area contributed by atoms with E-state index in [0.717, 1.165) is 36.1 Å². The molecule has 0 aromatic carbocycles. The van der Waals surface area contributed by atoms with Gasteiger partial charge in [0.25, 0.3) is 0 Å². The summed E-state index contributed by atoms with van der Waals surface area (Å²) >= 11 is 0. The molecule has 1 saturated heterocycles. The van der Waals surface area contributed by atoms with Crippen LogP contribution in [0.25, 0.3) is 16.6 Å². The smallest absolute Gasteiger partial charge is 0.146 e. The van der Waals surface area contributed by atoms with Crippen LogP contribution in [0.4, 0.5) is 0 Å².